The molecule has 0 bridgehead atoms. The number of pyridine rings is 1. The van der Waals surface area contributed by atoms with Gasteiger partial charge in [0, 0.05) is 54.7 Å². The standard InChI is InChI=1S/C16H22N4O/c1-10(16(21)18-3)9-20(4)15-6-5-14(17)13-8-19-11(2)7-12(13)15/h5-8,10H,9,17H2,1-4H3,(H,18,21). The zero-order valence-electron chi connectivity index (χ0n) is 13.0. The number of nitrogens with one attached hydrogen (secondary N) is 1. The van der Waals surface area contributed by atoms with Gasteiger partial charge in [-0.05, 0) is 25.1 Å². The van der Waals surface area contributed by atoms with Crippen molar-refractivity contribution in [2.24, 2.45) is 5.92 Å². The summed E-state index contributed by atoms with van der Waals surface area (Å²) >= 11 is 0. The molecule has 0 aliphatic rings. The van der Waals surface area contributed by atoms with Crippen molar-refractivity contribution in [3.8, 4) is 0 Å². The van der Waals surface area contributed by atoms with Gasteiger partial charge in [-0.15, -0.1) is 0 Å². The van der Waals surface area contributed by atoms with E-state index in [2.05, 4.69) is 15.2 Å². The Hall–Kier alpha value is -2.30. The highest BCUT2D eigenvalue weighted by Gasteiger charge is 2.16. The first-order valence-electron chi connectivity index (χ1n) is 7.01. The summed E-state index contributed by atoms with van der Waals surface area (Å²) in [4.78, 5) is 18.1. The Balaban J connectivity index is 2.39. The molecule has 21 heavy (non-hydrogen) atoms. The molecule has 0 saturated carbocycles. The molecule has 1 atom stereocenters. The monoisotopic (exact) mass is 286 g/mol. The van der Waals surface area contributed by atoms with Gasteiger partial charge in [-0.1, -0.05) is 6.92 Å². The largest absolute Gasteiger partial charge is 0.398 e. The first-order chi connectivity index (χ1) is 9.93. The second-order valence-electron chi connectivity index (χ2n) is 5.44. The van der Waals surface area contributed by atoms with Crippen molar-refractivity contribution >= 4 is 28.1 Å². The van der Waals surface area contributed by atoms with E-state index in [9.17, 15) is 4.79 Å². The van der Waals surface area contributed by atoms with Crippen molar-refractivity contribution < 1.29 is 4.79 Å². The molecule has 0 spiro atoms. The molecule has 1 aromatic carbocycles. The van der Waals surface area contributed by atoms with Crippen molar-refractivity contribution in [3.05, 3.63) is 30.1 Å². The van der Waals surface area contributed by atoms with E-state index in [1.165, 1.54) is 0 Å². The fraction of sp³-hybridized carbons (Fsp3) is 0.375. The van der Waals surface area contributed by atoms with Gasteiger partial charge in [0.2, 0.25) is 5.91 Å². The second kappa shape index (κ2) is 5.99. The van der Waals surface area contributed by atoms with E-state index in [0.29, 0.717) is 12.2 Å². The number of amides is 1. The Kier molecular flexibility index (Phi) is 4.31. The van der Waals surface area contributed by atoms with E-state index in [4.69, 9.17) is 5.73 Å². The van der Waals surface area contributed by atoms with E-state index >= 15 is 0 Å². The maximum atomic E-state index is 11.7. The molecule has 0 aliphatic carbocycles. The number of carbonyl (C=O) groups excluding carboxylic acids is 1. The van der Waals surface area contributed by atoms with E-state index in [1.54, 1.807) is 13.2 Å². The van der Waals surface area contributed by atoms with E-state index in [-0.39, 0.29) is 11.8 Å². The van der Waals surface area contributed by atoms with Gasteiger partial charge in [-0.3, -0.25) is 9.78 Å². The number of carbonyl (C=O) groups is 1. The molecular formula is C16H22N4O. The number of benzene rings is 1. The van der Waals surface area contributed by atoms with Gasteiger partial charge in [0.1, 0.15) is 0 Å². The predicted molar refractivity (Wildman–Crippen MR) is 87.4 cm³/mol. The van der Waals surface area contributed by atoms with Crippen LogP contribution in [0.2, 0.25) is 0 Å². The zero-order valence-corrected chi connectivity index (χ0v) is 13.0. The number of nitrogens with zero attached hydrogens (tertiary/aromatic N) is 2. The second-order valence-corrected chi connectivity index (χ2v) is 5.44. The number of fused-ring (bicyclic) bond motifs is 1. The lowest BCUT2D eigenvalue weighted by atomic mass is 10.1. The van der Waals surface area contributed by atoms with Crippen molar-refractivity contribution in [1.29, 1.82) is 0 Å². The average Bonchev–Trinajstić information content (AvgIpc) is 2.46. The summed E-state index contributed by atoms with van der Waals surface area (Å²) in [5.74, 6) is -0.0463. The molecule has 1 heterocycles. The first kappa shape index (κ1) is 15.1. The van der Waals surface area contributed by atoms with Gasteiger partial charge >= 0.3 is 0 Å². The Morgan fingerprint density at radius 1 is 1.43 bits per heavy atom. The minimum absolute atomic E-state index is 0.0412. The molecule has 2 rings (SSSR count). The average molecular weight is 286 g/mol. The van der Waals surface area contributed by atoms with Crippen LogP contribution in [0.15, 0.2) is 24.4 Å². The molecule has 0 radical (unpaired) electrons. The molecule has 3 N–H and O–H groups in total. The van der Waals surface area contributed by atoms with Crippen LogP contribution in [0.4, 0.5) is 11.4 Å². The van der Waals surface area contributed by atoms with Crippen LogP contribution < -0.4 is 16.0 Å². The van der Waals surface area contributed by atoms with Crippen molar-refractivity contribution in [1.82, 2.24) is 10.3 Å². The van der Waals surface area contributed by atoms with Gasteiger partial charge in [0.15, 0.2) is 0 Å². The number of nitrogen functional groups attached to an aromatic ring is 1. The smallest absolute Gasteiger partial charge is 0.224 e. The number of aromatic nitrogens is 1. The maximum Gasteiger partial charge on any atom is 0.224 e. The molecule has 1 amide bonds. The third-order valence-electron chi connectivity index (χ3n) is 3.70. The molecule has 0 saturated heterocycles. The van der Waals surface area contributed by atoms with Crippen molar-refractivity contribution in [2.75, 3.05) is 31.3 Å². The minimum atomic E-state index is -0.0875. The molecule has 5 nitrogen and oxygen atoms in total. The Labute approximate surface area is 125 Å². The Morgan fingerprint density at radius 2 is 2.14 bits per heavy atom. The Bertz CT molecular complexity index is 669. The number of rotatable bonds is 4. The SMILES string of the molecule is CNC(=O)C(C)CN(C)c1ccc(N)c2cnc(C)cc12. The summed E-state index contributed by atoms with van der Waals surface area (Å²) in [5.41, 5.74) is 8.74. The van der Waals surface area contributed by atoms with Gasteiger partial charge < -0.3 is 16.0 Å². The molecule has 5 heteroatoms. The van der Waals surface area contributed by atoms with Crippen LogP contribution in [-0.2, 0) is 4.79 Å². The number of hydrogen-bond acceptors (Lipinski definition) is 4. The lowest BCUT2D eigenvalue weighted by Crippen LogP contribution is -2.34. The van der Waals surface area contributed by atoms with Crippen LogP contribution in [0.3, 0.4) is 0 Å². The fourth-order valence-electron chi connectivity index (χ4n) is 2.52. The van der Waals surface area contributed by atoms with Gasteiger partial charge in [-0.2, -0.15) is 0 Å². The van der Waals surface area contributed by atoms with E-state index in [0.717, 1.165) is 22.2 Å². The van der Waals surface area contributed by atoms with Crippen LogP contribution in [-0.4, -0.2) is 31.5 Å². The third-order valence-corrected chi connectivity index (χ3v) is 3.70. The molecule has 112 valence electrons. The number of aryl methyl sites for hydroxylation is 1. The molecule has 1 unspecified atom stereocenters. The number of hydrogen-bond donors (Lipinski definition) is 2. The third kappa shape index (κ3) is 3.07. The highest BCUT2D eigenvalue weighted by atomic mass is 16.1. The van der Waals surface area contributed by atoms with Crippen LogP contribution in [0.5, 0.6) is 0 Å². The Morgan fingerprint density at radius 3 is 2.81 bits per heavy atom. The maximum absolute atomic E-state index is 11.7. The molecule has 2 aromatic rings. The minimum Gasteiger partial charge on any atom is -0.398 e. The molecule has 1 aromatic heterocycles. The van der Waals surface area contributed by atoms with Gasteiger partial charge in [0.25, 0.3) is 0 Å². The van der Waals surface area contributed by atoms with Crippen LogP contribution >= 0.6 is 0 Å². The topological polar surface area (TPSA) is 71.2 Å². The first-order valence-corrected chi connectivity index (χ1v) is 7.01. The predicted octanol–water partition coefficient (Wildman–Crippen LogP) is 1.94. The summed E-state index contributed by atoms with van der Waals surface area (Å²) in [6, 6.07) is 5.91. The highest BCUT2D eigenvalue weighted by molar-refractivity contribution is 6.01. The molecule has 0 aliphatic heterocycles. The number of anilines is 2. The van der Waals surface area contributed by atoms with Gasteiger partial charge in [-0.25, -0.2) is 0 Å². The zero-order chi connectivity index (χ0) is 15.6. The lowest BCUT2D eigenvalue weighted by molar-refractivity contribution is -0.123. The normalized spacial score (nSPS) is 12.2. The quantitative estimate of drug-likeness (QED) is 0.843. The van der Waals surface area contributed by atoms with E-state index in [1.807, 2.05) is 39.1 Å². The summed E-state index contributed by atoms with van der Waals surface area (Å²) < 4.78 is 0. The fourth-order valence-corrected chi connectivity index (χ4v) is 2.52. The van der Waals surface area contributed by atoms with Crippen molar-refractivity contribution in [2.45, 2.75) is 13.8 Å². The van der Waals surface area contributed by atoms with Gasteiger partial charge in [0.05, 0.1) is 5.92 Å². The van der Waals surface area contributed by atoms with Crippen LogP contribution in [0.25, 0.3) is 10.8 Å². The summed E-state index contributed by atoms with van der Waals surface area (Å²) in [7, 11) is 3.65. The molecule has 0 fully saturated rings. The summed E-state index contributed by atoms with van der Waals surface area (Å²) in [6.07, 6.45) is 1.81. The summed E-state index contributed by atoms with van der Waals surface area (Å²) in [6.45, 7) is 4.52. The molecular weight excluding hydrogens is 264 g/mol. The van der Waals surface area contributed by atoms with Crippen molar-refractivity contribution in [3.63, 3.8) is 0 Å². The van der Waals surface area contributed by atoms with Crippen LogP contribution in [0, 0.1) is 12.8 Å². The van der Waals surface area contributed by atoms with E-state index < -0.39 is 0 Å². The van der Waals surface area contributed by atoms with Crippen LogP contribution in [0.1, 0.15) is 12.6 Å². The highest BCUT2D eigenvalue weighted by Crippen LogP contribution is 2.30. The lowest BCUT2D eigenvalue weighted by Gasteiger charge is -2.24. The number of nitrogens with two attached hydrogens (primary N) is 1. The summed E-state index contributed by atoms with van der Waals surface area (Å²) in [5, 5.41) is 4.69.